The highest BCUT2D eigenvalue weighted by atomic mass is 79.9. The molecule has 0 amide bonds. The lowest BCUT2D eigenvalue weighted by atomic mass is 10.0. The van der Waals surface area contributed by atoms with Gasteiger partial charge in [0.15, 0.2) is 0 Å². The monoisotopic (exact) mass is 294 g/mol. The summed E-state index contributed by atoms with van der Waals surface area (Å²) in [5.41, 5.74) is 1.80. The number of aliphatic carboxylic acids is 1. The maximum atomic E-state index is 10.7. The Morgan fingerprint density at radius 3 is 2.65 bits per heavy atom. The van der Waals surface area contributed by atoms with Gasteiger partial charge in [-0.15, -0.1) is 0 Å². The summed E-state index contributed by atoms with van der Waals surface area (Å²) in [6, 6.07) is 7.51. The fourth-order valence-electron chi connectivity index (χ4n) is 1.65. The zero-order chi connectivity index (χ0) is 12.3. The number of aromatic nitrogens is 2. The Morgan fingerprint density at radius 1 is 1.35 bits per heavy atom. The van der Waals surface area contributed by atoms with Gasteiger partial charge in [-0.3, -0.25) is 9.48 Å². The van der Waals surface area contributed by atoms with Crippen molar-refractivity contribution in [3.63, 3.8) is 0 Å². The lowest BCUT2D eigenvalue weighted by molar-refractivity contribution is -0.136. The van der Waals surface area contributed by atoms with Crippen molar-refractivity contribution in [3.05, 3.63) is 52.3 Å². The molecule has 1 N–H and O–H groups in total. The molecule has 1 aromatic carbocycles. The second-order valence-corrected chi connectivity index (χ2v) is 4.61. The van der Waals surface area contributed by atoms with Crippen molar-refractivity contribution < 1.29 is 9.90 Å². The van der Waals surface area contributed by atoms with Gasteiger partial charge in [-0.05, 0) is 27.1 Å². The fourth-order valence-corrected chi connectivity index (χ4v) is 1.97. The van der Waals surface area contributed by atoms with Gasteiger partial charge in [-0.25, -0.2) is 0 Å². The summed E-state index contributed by atoms with van der Waals surface area (Å²) >= 11 is 3.33. The van der Waals surface area contributed by atoms with Gasteiger partial charge in [0.25, 0.3) is 0 Å². The Kier molecular flexibility index (Phi) is 3.58. The number of carbonyl (C=O) groups is 1. The average Bonchev–Trinajstić information content (AvgIpc) is 2.66. The van der Waals surface area contributed by atoms with E-state index in [1.807, 2.05) is 30.5 Å². The second kappa shape index (κ2) is 5.14. The van der Waals surface area contributed by atoms with E-state index in [-0.39, 0.29) is 6.42 Å². The highest BCUT2D eigenvalue weighted by molar-refractivity contribution is 9.10. The molecule has 0 saturated carbocycles. The standard InChI is InChI=1S/C12H11BrN2O2/c13-11-6-14-15(8-11)7-10-4-2-1-3-9(10)5-12(16)17/h1-4,6,8H,5,7H2,(H,16,17). The molecule has 0 bridgehead atoms. The molecule has 1 heterocycles. The van der Waals surface area contributed by atoms with Crippen molar-refractivity contribution in [1.82, 2.24) is 9.78 Å². The smallest absolute Gasteiger partial charge is 0.307 e. The molecule has 1 aromatic heterocycles. The topological polar surface area (TPSA) is 55.1 Å². The van der Waals surface area contributed by atoms with E-state index in [1.54, 1.807) is 10.9 Å². The highest BCUT2D eigenvalue weighted by Crippen LogP contribution is 2.13. The molecule has 0 atom stereocenters. The number of hydrogen-bond donors (Lipinski definition) is 1. The lowest BCUT2D eigenvalue weighted by Crippen LogP contribution is -2.07. The summed E-state index contributed by atoms with van der Waals surface area (Å²) < 4.78 is 2.68. The lowest BCUT2D eigenvalue weighted by Gasteiger charge is -2.07. The molecule has 0 radical (unpaired) electrons. The third-order valence-electron chi connectivity index (χ3n) is 2.39. The van der Waals surface area contributed by atoms with Crippen LogP contribution in [0.2, 0.25) is 0 Å². The van der Waals surface area contributed by atoms with Crippen molar-refractivity contribution in [3.8, 4) is 0 Å². The van der Waals surface area contributed by atoms with Gasteiger partial charge in [0, 0.05) is 6.20 Å². The average molecular weight is 295 g/mol. The molecule has 0 aliphatic heterocycles. The van der Waals surface area contributed by atoms with E-state index in [1.165, 1.54) is 0 Å². The Bertz CT molecular complexity index is 537. The van der Waals surface area contributed by atoms with Gasteiger partial charge >= 0.3 is 5.97 Å². The van der Waals surface area contributed by atoms with E-state index in [0.717, 1.165) is 15.6 Å². The summed E-state index contributed by atoms with van der Waals surface area (Å²) in [4.78, 5) is 10.7. The minimum Gasteiger partial charge on any atom is -0.481 e. The second-order valence-electron chi connectivity index (χ2n) is 3.70. The van der Waals surface area contributed by atoms with Crippen molar-refractivity contribution >= 4 is 21.9 Å². The van der Waals surface area contributed by atoms with Gasteiger partial charge in [-0.1, -0.05) is 24.3 Å². The third kappa shape index (κ3) is 3.17. The number of rotatable bonds is 4. The van der Waals surface area contributed by atoms with Crippen LogP contribution in [0.1, 0.15) is 11.1 Å². The van der Waals surface area contributed by atoms with Crippen LogP contribution < -0.4 is 0 Å². The minimum absolute atomic E-state index is 0.0403. The van der Waals surface area contributed by atoms with Crippen LogP contribution in [0.5, 0.6) is 0 Å². The Morgan fingerprint density at radius 2 is 2.06 bits per heavy atom. The number of carboxylic acids is 1. The van der Waals surface area contributed by atoms with Gasteiger partial charge in [0.2, 0.25) is 0 Å². The zero-order valence-electron chi connectivity index (χ0n) is 9.01. The molecule has 2 rings (SSSR count). The maximum Gasteiger partial charge on any atom is 0.307 e. The summed E-state index contributed by atoms with van der Waals surface area (Å²) in [6.07, 6.45) is 3.61. The molecule has 0 spiro atoms. The first-order chi connectivity index (χ1) is 8.15. The summed E-state index contributed by atoms with van der Waals surface area (Å²) in [5, 5.41) is 13.0. The molecule has 0 fully saturated rings. The van der Waals surface area contributed by atoms with E-state index in [2.05, 4.69) is 21.0 Å². The van der Waals surface area contributed by atoms with E-state index < -0.39 is 5.97 Å². The third-order valence-corrected chi connectivity index (χ3v) is 2.80. The van der Waals surface area contributed by atoms with Gasteiger partial charge in [0.1, 0.15) is 0 Å². The molecule has 0 aliphatic rings. The normalized spacial score (nSPS) is 10.4. The van der Waals surface area contributed by atoms with Gasteiger partial charge in [0.05, 0.1) is 23.6 Å². The van der Waals surface area contributed by atoms with E-state index in [0.29, 0.717) is 6.54 Å². The van der Waals surface area contributed by atoms with Crippen molar-refractivity contribution in [2.75, 3.05) is 0 Å². The van der Waals surface area contributed by atoms with Crippen LogP contribution in [-0.2, 0) is 17.8 Å². The van der Waals surface area contributed by atoms with Crippen LogP contribution in [0.15, 0.2) is 41.1 Å². The van der Waals surface area contributed by atoms with E-state index in [4.69, 9.17) is 5.11 Å². The molecule has 0 saturated heterocycles. The van der Waals surface area contributed by atoms with Crippen LogP contribution in [0.3, 0.4) is 0 Å². The number of benzene rings is 1. The van der Waals surface area contributed by atoms with Crippen molar-refractivity contribution in [2.24, 2.45) is 0 Å². The molecule has 4 nitrogen and oxygen atoms in total. The number of halogens is 1. The predicted molar refractivity (Wildman–Crippen MR) is 66.8 cm³/mol. The zero-order valence-corrected chi connectivity index (χ0v) is 10.6. The first-order valence-electron chi connectivity index (χ1n) is 5.11. The van der Waals surface area contributed by atoms with Crippen LogP contribution in [0.25, 0.3) is 0 Å². The van der Waals surface area contributed by atoms with Crippen LogP contribution in [0.4, 0.5) is 0 Å². The van der Waals surface area contributed by atoms with Crippen LogP contribution in [-0.4, -0.2) is 20.9 Å². The molecule has 88 valence electrons. The van der Waals surface area contributed by atoms with Gasteiger partial charge < -0.3 is 5.11 Å². The number of carboxylic acid groups (broad SMARTS) is 1. The van der Waals surface area contributed by atoms with Gasteiger partial charge in [-0.2, -0.15) is 5.10 Å². The first kappa shape index (κ1) is 11.9. The summed E-state index contributed by atoms with van der Waals surface area (Å²) in [7, 11) is 0. The predicted octanol–water partition coefficient (Wildman–Crippen LogP) is 2.32. The molecular formula is C12H11BrN2O2. The largest absolute Gasteiger partial charge is 0.481 e. The molecule has 17 heavy (non-hydrogen) atoms. The Balaban J connectivity index is 2.23. The maximum absolute atomic E-state index is 10.7. The number of nitrogens with zero attached hydrogens (tertiary/aromatic N) is 2. The molecule has 0 aliphatic carbocycles. The SMILES string of the molecule is O=C(O)Cc1ccccc1Cn1cc(Br)cn1. The Hall–Kier alpha value is -1.62. The summed E-state index contributed by atoms with van der Waals surface area (Å²) in [5.74, 6) is -0.820. The molecule has 5 heteroatoms. The number of hydrogen-bond acceptors (Lipinski definition) is 2. The quantitative estimate of drug-likeness (QED) is 0.941. The van der Waals surface area contributed by atoms with Crippen molar-refractivity contribution in [2.45, 2.75) is 13.0 Å². The van der Waals surface area contributed by atoms with E-state index >= 15 is 0 Å². The summed E-state index contributed by atoms with van der Waals surface area (Å²) in [6.45, 7) is 0.578. The Labute approximate surface area is 107 Å². The van der Waals surface area contributed by atoms with Crippen molar-refractivity contribution in [1.29, 1.82) is 0 Å². The fraction of sp³-hybridized carbons (Fsp3) is 0.167. The van der Waals surface area contributed by atoms with Crippen LogP contribution in [0, 0.1) is 0 Å². The van der Waals surface area contributed by atoms with E-state index in [9.17, 15) is 4.79 Å². The first-order valence-corrected chi connectivity index (χ1v) is 5.91. The molecular weight excluding hydrogens is 284 g/mol. The minimum atomic E-state index is -0.820. The molecule has 2 aromatic rings. The highest BCUT2D eigenvalue weighted by Gasteiger charge is 2.07. The molecule has 0 unspecified atom stereocenters. The van der Waals surface area contributed by atoms with Crippen LogP contribution >= 0.6 is 15.9 Å².